The van der Waals surface area contributed by atoms with Crippen LogP contribution in [0.25, 0.3) is 11.4 Å². The Labute approximate surface area is 232 Å². The fourth-order valence-electron chi connectivity index (χ4n) is 4.50. The van der Waals surface area contributed by atoms with Gasteiger partial charge in [-0.2, -0.15) is 0 Å². The van der Waals surface area contributed by atoms with Crippen LogP contribution < -0.4 is 9.47 Å². The van der Waals surface area contributed by atoms with Crippen molar-refractivity contribution >= 4 is 5.97 Å². The van der Waals surface area contributed by atoms with Crippen molar-refractivity contribution in [3.8, 4) is 22.9 Å². The van der Waals surface area contributed by atoms with E-state index < -0.39 is 0 Å². The molecule has 5 nitrogen and oxygen atoms in total. The number of carbonyl (C=O) groups excluding carboxylic acids is 1. The molecule has 0 saturated heterocycles. The van der Waals surface area contributed by atoms with E-state index in [4.69, 9.17) is 9.47 Å². The van der Waals surface area contributed by atoms with Gasteiger partial charge in [0, 0.05) is 12.0 Å². The quantitative estimate of drug-likeness (QED) is 0.113. The van der Waals surface area contributed by atoms with Gasteiger partial charge in [-0.1, -0.05) is 111 Å². The molecule has 0 radical (unpaired) electrons. The number of unbranched alkanes of at least 4 members (excludes halogenated alkanes) is 12. The number of carbonyl (C=O) groups is 1. The molecule has 0 spiro atoms. The number of ether oxygens (including phenoxy) is 2. The molecule has 0 amide bonds. The van der Waals surface area contributed by atoms with Gasteiger partial charge in [0.25, 0.3) is 0 Å². The minimum absolute atomic E-state index is 0.216. The highest BCUT2D eigenvalue weighted by molar-refractivity contribution is 5.72. The number of esters is 1. The lowest BCUT2D eigenvalue weighted by molar-refractivity contribution is -0.134. The van der Waals surface area contributed by atoms with Crippen molar-refractivity contribution in [2.24, 2.45) is 5.92 Å². The summed E-state index contributed by atoms with van der Waals surface area (Å²) in [5.74, 6) is 2.45. The average molecular weight is 525 g/mol. The maximum atomic E-state index is 12.1. The van der Waals surface area contributed by atoms with Gasteiger partial charge in [0.2, 0.25) is 0 Å². The summed E-state index contributed by atoms with van der Waals surface area (Å²) in [7, 11) is 0. The van der Waals surface area contributed by atoms with Gasteiger partial charge in [0.05, 0.1) is 19.0 Å². The molecule has 2 rings (SSSR count). The van der Waals surface area contributed by atoms with Gasteiger partial charge in [-0.15, -0.1) is 0 Å². The van der Waals surface area contributed by atoms with Crippen LogP contribution in [0.2, 0.25) is 0 Å². The summed E-state index contributed by atoms with van der Waals surface area (Å²) in [6, 6.07) is 7.87. The summed E-state index contributed by atoms with van der Waals surface area (Å²) in [5.41, 5.74) is 0.909. The zero-order valence-corrected chi connectivity index (χ0v) is 24.4. The standard InChI is InChI=1S/C33H52N2O3/c1-4-6-7-8-9-10-11-12-15-18-25-37-30-23-21-29(22-24-30)33-34-26-31(27-35-33)38-32(36)20-17-14-13-16-19-28(3)5-2/h21-24,26-28H,4-20,25H2,1-3H3. The Morgan fingerprint density at radius 1 is 0.737 bits per heavy atom. The number of hydrogen-bond acceptors (Lipinski definition) is 5. The zero-order chi connectivity index (χ0) is 27.3. The van der Waals surface area contributed by atoms with Gasteiger partial charge >= 0.3 is 5.97 Å². The number of nitrogens with zero attached hydrogens (tertiary/aromatic N) is 2. The third-order valence-corrected chi connectivity index (χ3v) is 7.26. The van der Waals surface area contributed by atoms with Crippen LogP contribution in [0.1, 0.15) is 130 Å². The highest BCUT2D eigenvalue weighted by Crippen LogP contribution is 2.21. The second-order valence-electron chi connectivity index (χ2n) is 10.7. The van der Waals surface area contributed by atoms with Gasteiger partial charge in [0.15, 0.2) is 11.6 Å². The SMILES string of the molecule is CCCCCCCCCCCCOc1ccc(-c2ncc(OC(=O)CCCCCCC(C)CC)cn2)cc1. The second-order valence-corrected chi connectivity index (χ2v) is 10.7. The molecule has 0 aliphatic carbocycles. The molecule has 1 atom stereocenters. The van der Waals surface area contributed by atoms with Gasteiger partial charge in [-0.3, -0.25) is 4.79 Å². The van der Waals surface area contributed by atoms with Gasteiger partial charge in [0.1, 0.15) is 5.75 Å². The van der Waals surface area contributed by atoms with Gasteiger partial charge < -0.3 is 9.47 Å². The van der Waals surface area contributed by atoms with Gasteiger partial charge in [-0.05, 0) is 43.0 Å². The molecule has 1 aromatic carbocycles. The Bertz CT molecular complexity index is 852. The van der Waals surface area contributed by atoms with Crippen molar-refractivity contribution in [1.82, 2.24) is 9.97 Å². The van der Waals surface area contributed by atoms with E-state index in [2.05, 4.69) is 30.7 Å². The normalized spacial score (nSPS) is 11.9. The fraction of sp³-hybridized carbons (Fsp3) is 0.667. The summed E-state index contributed by atoms with van der Waals surface area (Å²) in [5, 5.41) is 0. The highest BCUT2D eigenvalue weighted by Gasteiger charge is 2.08. The van der Waals surface area contributed by atoms with Crippen molar-refractivity contribution < 1.29 is 14.3 Å². The van der Waals surface area contributed by atoms with Gasteiger partial charge in [-0.25, -0.2) is 9.97 Å². The first-order valence-electron chi connectivity index (χ1n) is 15.4. The third-order valence-electron chi connectivity index (χ3n) is 7.26. The fourth-order valence-corrected chi connectivity index (χ4v) is 4.50. The predicted molar refractivity (Wildman–Crippen MR) is 158 cm³/mol. The topological polar surface area (TPSA) is 61.3 Å². The Kier molecular flexibility index (Phi) is 17.2. The van der Waals surface area contributed by atoms with E-state index in [1.807, 2.05) is 24.3 Å². The molecule has 1 heterocycles. The molecule has 0 aliphatic rings. The number of aromatic nitrogens is 2. The first kappa shape index (κ1) is 31.8. The van der Waals surface area contributed by atoms with E-state index >= 15 is 0 Å². The molecule has 0 bridgehead atoms. The van der Waals surface area contributed by atoms with E-state index in [-0.39, 0.29) is 5.97 Å². The summed E-state index contributed by atoms with van der Waals surface area (Å²) in [4.78, 5) is 20.9. The largest absolute Gasteiger partial charge is 0.494 e. The molecule has 0 N–H and O–H groups in total. The molecular formula is C33H52N2O3. The Balaban J connectivity index is 1.58. The number of benzene rings is 1. The summed E-state index contributed by atoms with van der Waals surface area (Å²) in [6.45, 7) is 7.56. The molecule has 0 saturated carbocycles. The molecule has 5 heteroatoms. The van der Waals surface area contributed by atoms with Crippen LogP contribution in [0.15, 0.2) is 36.7 Å². The number of hydrogen-bond donors (Lipinski definition) is 0. The minimum atomic E-state index is -0.216. The summed E-state index contributed by atoms with van der Waals surface area (Å²) < 4.78 is 11.3. The van der Waals surface area contributed by atoms with E-state index in [9.17, 15) is 4.79 Å². The molecule has 0 aliphatic heterocycles. The maximum absolute atomic E-state index is 12.1. The van der Waals surface area contributed by atoms with Crippen LogP contribution in [0.5, 0.6) is 11.5 Å². The van der Waals surface area contributed by atoms with E-state index in [0.717, 1.165) is 43.1 Å². The van der Waals surface area contributed by atoms with E-state index in [1.165, 1.54) is 83.5 Å². The number of rotatable bonds is 22. The van der Waals surface area contributed by atoms with Crippen molar-refractivity contribution in [3.63, 3.8) is 0 Å². The Morgan fingerprint density at radius 3 is 1.95 bits per heavy atom. The lowest BCUT2D eigenvalue weighted by Gasteiger charge is -2.08. The molecule has 0 fully saturated rings. The van der Waals surface area contributed by atoms with E-state index in [1.54, 1.807) is 12.4 Å². The smallest absolute Gasteiger partial charge is 0.311 e. The van der Waals surface area contributed by atoms with Crippen LogP contribution in [0, 0.1) is 5.92 Å². The van der Waals surface area contributed by atoms with Crippen molar-refractivity contribution in [3.05, 3.63) is 36.7 Å². The monoisotopic (exact) mass is 524 g/mol. The predicted octanol–water partition coefficient (Wildman–Crippen LogP) is 9.74. The average Bonchev–Trinajstić information content (AvgIpc) is 2.94. The first-order valence-corrected chi connectivity index (χ1v) is 15.4. The van der Waals surface area contributed by atoms with Crippen molar-refractivity contribution in [2.75, 3.05) is 6.61 Å². The highest BCUT2D eigenvalue weighted by atomic mass is 16.5. The van der Waals surface area contributed by atoms with Crippen LogP contribution in [-0.2, 0) is 4.79 Å². The Hall–Kier alpha value is -2.43. The van der Waals surface area contributed by atoms with Crippen LogP contribution in [0.4, 0.5) is 0 Å². The lowest BCUT2D eigenvalue weighted by atomic mass is 10.0. The third kappa shape index (κ3) is 14.5. The minimum Gasteiger partial charge on any atom is -0.494 e. The first-order chi connectivity index (χ1) is 18.6. The van der Waals surface area contributed by atoms with Crippen molar-refractivity contribution in [1.29, 1.82) is 0 Å². The lowest BCUT2D eigenvalue weighted by Crippen LogP contribution is -2.08. The molecule has 1 aromatic heterocycles. The maximum Gasteiger partial charge on any atom is 0.311 e. The Morgan fingerprint density at radius 2 is 1.32 bits per heavy atom. The van der Waals surface area contributed by atoms with Crippen LogP contribution in [0.3, 0.4) is 0 Å². The van der Waals surface area contributed by atoms with Crippen molar-refractivity contribution in [2.45, 2.75) is 130 Å². The summed E-state index contributed by atoms with van der Waals surface area (Å²) >= 11 is 0. The molecule has 38 heavy (non-hydrogen) atoms. The molecule has 1 unspecified atom stereocenters. The molecule has 2 aromatic rings. The molecule has 212 valence electrons. The van der Waals surface area contributed by atoms with E-state index in [0.29, 0.717) is 18.0 Å². The van der Waals surface area contributed by atoms with Crippen LogP contribution in [-0.4, -0.2) is 22.5 Å². The van der Waals surface area contributed by atoms with Crippen LogP contribution >= 0.6 is 0 Å². The second kappa shape index (κ2) is 20.5. The zero-order valence-electron chi connectivity index (χ0n) is 24.4. The molecular weight excluding hydrogens is 472 g/mol. The summed E-state index contributed by atoms with van der Waals surface area (Å²) in [6.07, 6.45) is 23.7.